The number of rotatable bonds is 4. The first-order chi connectivity index (χ1) is 10.0. The number of halogens is 2. The van der Waals surface area contributed by atoms with Crippen LogP contribution in [0.1, 0.15) is 9.67 Å². The van der Waals surface area contributed by atoms with Gasteiger partial charge in [0.2, 0.25) is 0 Å². The van der Waals surface area contributed by atoms with Gasteiger partial charge < -0.3 is 9.84 Å². The van der Waals surface area contributed by atoms with E-state index in [0.29, 0.717) is 16.2 Å². The van der Waals surface area contributed by atoms with Crippen molar-refractivity contribution in [3.8, 4) is 17.0 Å². The fourth-order valence-electron chi connectivity index (χ4n) is 1.90. The van der Waals surface area contributed by atoms with Crippen LogP contribution >= 0.6 is 11.3 Å². The number of alkyl halides is 2. The van der Waals surface area contributed by atoms with Crippen molar-refractivity contribution in [1.29, 1.82) is 0 Å². The number of ether oxygens (including phenoxy) is 1. The van der Waals surface area contributed by atoms with Crippen molar-refractivity contribution in [2.75, 3.05) is 0 Å². The van der Waals surface area contributed by atoms with E-state index in [-0.39, 0.29) is 10.6 Å². The maximum absolute atomic E-state index is 12.4. The molecule has 0 unspecified atom stereocenters. The lowest BCUT2D eigenvalue weighted by atomic mass is 10.1. The third-order valence-electron chi connectivity index (χ3n) is 2.75. The Morgan fingerprint density at radius 2 is 2.10 bits per heavy atom. The van der Waals surface area contributed by atoms with E-state index >= 15 is 0 Å². The van der Waals surface area contributed by atoms with Gasteiger partial charge in [-0.3, -0.25) is 4.40 Å². The van der Waals surface area contributed by atoms with Gasteiger partial charge in [0, 0.05) is 18.0 Å². The number of aromatic nitrogens is 2. The molecule has 0 amide bonds. The molecule has 3 rings (SSSR count). The van der Waals surface area contributed by atoms with Gasteiger partial charge in [0.15, 0.2) is 4.96 Å². The van der Waals surface area contributed by atoms with Crippen LogP contribution in [0.4, 0.5) is 8.78 Å². The molecule has 0 aliphatic carbocycles. The summed E-state index contributed by atoms with van der Waals surface area (Å²) in [6.07, 6.45) is 3.00. The molecular weight excluding hydrogens is 302 g/mol. The highest BCUT2D eigenvalue weighted by Gasteiger charge is 2.16. The fraction of sp³-hybridized carbons (Fsp3) is 0.0769. The van der Waals surface area contributed by atoms with Gasteiger partial charge in [-0.05, 0) is 12.1 Å². The first kappa shape index (κ1) is 13.5. The van der Waals surface area contributed by atoms with E-state index in [2.05, 4.69) is 9.72 Å². The molecule has 5 nitrogen and oxygen atoms in total. The van der Waals surface area contributed by atoms with Gasteiger partial charge in [0.05, 0.1) is 5.69 Å². The van der Waals surface area contributed by atoms with Crippen molar-refractivity contribution in [3.63, 3.8) is 0 Å². The Hall–Kier alpha value is -2.48. The van der Waals surface area contributed by atoms with E-state index in [1.165, 1.54) is 12.3 Å². The molecule has 0 aliphatic heterocycles. The summed E-state index contributed by atoms with van der Waals surface area (Å²) in [5.74, 6) is -1.01. The zero-order valence-corrected chi connectivity index (χ0v) is 11.2. The van der Waals surface area contributed by atoms with Crippen molar-refractivity contribution in [2.24, 2.45) is 0 Å². The quantitative estimate of drug-likeness (QED) is 0.802. The van der Waals surface area contributed by atoms with Gasteiger partial charge in [-0.1, -0.05) is 23.5 Å². The molecule has 8 heteroatoms. The normalized spacial score (nSPS) is 11.2. The van der Waals surface area contributed by atoms with E-state index in [0.717, 1.165) is 11.3 Å². The van der Waals surface area contributed by atoms with Gasteiger partial charge in [-0.2, -0.15) is 8.78 Å². The molecule has 2 heterocycles. The lowest BCUT2D eigenvalue weighted by Crippen LogP contribution is -2.03. The minimum Gasteiger partial charge on any atom is -0.477 e. The smallest absolute Gasteiger partial charge is 0.387 e. The molecule has 0 atom stereocenters. The van der Waals surface area contributed by atoms with E-state index in [1.54, 1.807) is 28.8 Å². The van der Waals surface area contributed by atoms with Crippen LogP contribution < -0.4 is 4.74 Å². The van der Waals surface area contributed by atoms with Gasteiger partial charge in [-0.15, -0.1) is 0 Å². The zero-order valence-electron chi connectivity index (χ0n) is 10.4. The van der Waals surface area contributed by atoms with E-state index in [1.807, 2.05) is 0 Å². The molecule has 2 aromatic heterocycles. The Morgan fingerprint density at radius 1 is 1.33 bits per heavy atom. The monoisotopic (exact) mass is 310 g/mol. The molecule has 0 fully saturated rings. The Balaban J connectivity index is 2.04. The molecule has 0 aliphatic rings. The summed E-state index contributed by atoms with van der Waals surface area (Å²) < 4.78 is 30.8. The average Bonchev–Trinajstić information content (AvgIpc) is 2.96. The maximum Gasteiger partial charge on any atom is 0.387 e. The van der Waals surface area contributed by atoms with E-state index in [9.17, 15) is 13.6 Å². The topological polar surface area (TPSA) is 63.8 Å². The van der Waals surface area contributed by atoms with Crippen LogP contribution in [-0.4, -0.2) is 27.1 Å². The highest BCUT2D eigenvalue weighted by atomic mass is 32.1. The third-order valence-corrected chi connectivity index (χ3v) is 3.73. The highest BCUT2D eigenvalue weighted by Crippen LogP contribution is 2.31. The van der Waals surface area contributed by atoms with Crippen molar-refractivity contribution in [3.05, 3.63) is 41.5 Å². The summed E-state index contributed by atoms with van der Waals surface area (Å²) in [5.41, 5.74) is 0.861. The second-order valence-corrected chi connectivity index (χ2v) is 5.10. The summed E-state index contributed by atoms with van der Waals surface area (Å²) in [6, 6.07) is 6.31. The van der Waals surface area contributed by atoms with Gasteiger partial charge in [0.1, 0.15) is 10.6 Å². The Kier molecular flexibility index (Phi) is 3.30. The number of nitrogens with zero attached hydrogens (tertiary/aromatic N) is 2. The molecule has 108 valence electrons. The number of imidazole rings is 1. The summed E-state index contributed by atoms with van der Waals surface area (Å²) >= 11 is 1.00. The summed E-state index contributed by atoms with van der Waals surface area (Å²) in [6.45, 7) is -2.92. The number of hydrogen-bond donors (Lipinski definition) is 1. The van der Waals surface area contributed by atoms with Crippen LogP contribution in [-0.2, 0) is 0 Å². The maximum atomic E-state index is 12.4. The number of benzene rings is 1. The van der Waals surface area contributed by atoms with Crippen LogP contribution in [0, 0.1) is 0 Å². The molecule has 21 heavy (non-hydrogen) atoms. The minimum absolute atomic E-state index is 0.0247. The number of carboxylic acid groups (broad SMARTS) is 1. The van der Waals surface area contributed by atoms with Crippen LogP contribution in [0.2, 0.25) is 0 Å². The molecule has 0 spiro atoms. The molecule has 0 radical (unpaired) electrons. The Morgan fingerprint density at radius 3 is 2.76 bits per heavy atom. The number of carboxylic acids is 1. The number of carbonyl (C=O) groups is 1. The van der Waals surface area contributed by atoms with Crippen molar-refractivity contribution >= 4 is 22.3 Å². The summed E-state index contributed by atoms with van der Waals surface area (Å²) in [7, 11) is 0. The number of thiazole rings is 1. The van der Waals surface area contributed by atoms with Gasteiger partial charge in [0.25, 0.3) is 0 Å². The van der Waals surface area contributed by atoms with Crippen molar-refractivity contribution in [2.45, 2.75) is 6.61 Å². The largest absolute Gasteiger partial charge is 0.477 e. The molecule has 1 aromatic carbocycles. The number of aromatic carboxylic acids is 1. The predicted octanol–water partition coefficient (Wildman–Crippen LogP) is 3.36. The van der Waals surface area contributed by atoms with Crippen LogP contribution in [0.25, 0.3) is 16.2 Å². The van der Waals surface area contributed by atoms with Gasteiger partial charge in [-0.25, -0.2) is 9.78 Å². The first-order valence-corrected chi connectivity index (χ1v) is 6.62. The zero-order chi connectivity index (χ0) is 15.0. The van der Waals surface area contributed by atoms with Gasteiger partial charge >= 0.3 is 12.6 Å². The fourth-order valence-corrected chi connectivity index (χ4v) is 2.71. The van der Waals surface area contributed by atoms with Crippen LogP contribution in [0.3, 0.4) is 0 Å². The molecule has 0 saturated carbocycles. The van der Waals surface area contributed by atoms with E-state index < -0.39 is 12.6 Å². The second kappa shape index (κ2) is 5.13. The van der Waals surface area contributed by atoms with Crippen molar-refractivity contribution < 1.29 is 23.4 Å². The minimum atomic E-state index is -2.92. The highest BCUT2D eigenvalue weighted by molar-refractivity contribution is 7.18. The van der Waals surface area contributed by atoms with E-state index in [4.69, 9.17) is 5.11 Å². The number of hydrogen-bond acceptors (Lipinski definition) is 4. The Labute approximate surface area is 121 Å². The van der Waals surface area contributed by atoms with Crippen LogP contribution in [0.5, 0.6) is 5.75 Å². The standard InChI is InChI=1S/C13H8F2N2O3S/c14-12(15)20-9-4-2-1-3-7(9)8-5-17-6-10(11(18)19)21-13(17)16-8/h1-6,12H,(H,18,19). The van der Waals surface area contributed by atoms with Crippen molar-refractivity contribution in [1.82, 2.24) is 9.38 Å². The predicted molar refractivity (Wildman–Crippen MR) is 72.1 cm³/mol. The lowest BCUT2D eigenvalue weighted by molar-refractivity contribution is -0.0494. The molecular formula is C13H8F2N2O3S. The molecule has 0 saturated heterocycles. The molecule has 3 aromatic rings. The first-order valence-electron chi connectivity index (χ1n) is 5.80. The summed E-state index contributed by atoms with van der Waals surface area (Å²) in [4.78, 5) is 15.7. The molecule has 0 bridgehead atoms. The Bertz CT molecular complexity index is 781. The average molecular weight is 310 g/mol. The summed E-state index contributed by atoms with van der Waals surface area (Å²) in [5, 5.41) is 8.90. The second-order valence-electron chi connectivity index (χ2n) is 4.09. The SMILES string of the molecule is O=C(O)c1cn2cc(-c3ccccc3OC(F)F)nc2s1. The third kappa shape index (κ3) is 2.57. The lowest BCUT2D eigenvalue weighted by Gasteiger charge is -2.08. The van der Waals surface area contributed by atoms with Crippen LogP contribution in [0.15, 0.2) is 36.7 Å². The molecule has 1 N–H and O–H groups in total. The number of fused-ring (bicyclic) bond motifs is 1. The number of para-hydroxylation sites is 1.